The summed E-state index contributed by atoms with van der Waals surface area (Å²) in [7, 11) is -2.69. The van der Waals surface area contributed by atoms with Gasteiger partial charge in [0.15, 0.2) is 0 Å². The van der Waals surface area contributed by atoms with E-state index >= 15 is 0 Å². The fourth-order valence-corrected chi connectivity index (χ4v) is 5.51. The number of halogens is 1. The van der Waals surface area contributed by atoms with Gasteiger partial charge in [-0.1, -0.05) is 18.6 Å². The van der Waals surface area contributed by atoms with Crippen molar-refractivity contribution in [3.8, 4) is 16.9 Å². The predicted molar refractivity (Wildman–Crippen MR) is 110 cm³/mol. The van der Waals surface area contributed by atoms with E-state index in [-0.39, 0.29) is 23.0 Å². The lowest BCUT2D eigenvalue weighted by Crippen LogP contribution is -2.50. The summed E-state index contributed by atoms with van der Waals surface area (Å²) < 4.78 is 43.7. The van der Waals surface area contributed by atoms with E-state index in [1.54, 1.807) is 18.2 Å². The number of primary sulfonamides is 1. The number of nitrogens with two attached hydrogens (primary N) is 1. The number of rotatable bonds is 5. The number of ether oxygens (including phenoxy) is 1. The van der Waals surface area contributed by atoms with Crippen molar-refractivity contribution in [2.75, 3.05) is 7.11 Å². The highest BCUT2D eigenvalue weighted by atomic mass is 32.2. The number of hydrogen-bond donors (Lipinski definition) is 3. The molecule has 0 radical (unpaired) electrons. The molecular weight excluding hydrogens is 425 g/mol. The fraction of sp³-hybridized carbons (Fsp3) is 0.333. The lowest BCUT2D eigenvalue weighted by atomic mass is 9.82. The molecule has 1 saturated heterocycles. The highest BCUT2D eigenvalue weighted by Crippen LogP contribution is 2.44. The quantitative estimate of drug-likeness (QED) is 0.605. The molecule has 1 aliphatic carbocycles. The molecule has 2 aromatic carbocycles. The second-order valence-electron chi connectivity index (χ2n) is 7.85. The van der Waals surface area contributed by atoms with Crippen LogP contribution in [0.5, 0.6) is 5.75 Å². The van der Waals surface area contributed by atoms with Crippen LogP contribution in [0, 0.1) is 11.7 Å². The molecule has 1 spiro atoms. The number of urea groups is 1. The zero-order valence-electron chi connectivity index (χ0n) is 16.8. The molecule has 2 fully saturated rings. The molecule has 10 heteroatoms. The van der Waals surface area contributed by atoms with Gasteiger partial charge in [0.1, 0.15) is 17.1 Å². The Kier molecular flexibility index (Phi) is 5.22. The number of amides is 3. The van der Waals surface area contributed by atoms with E-state index in [0.717, 1.165) is 0 Å². The number of carbonyl (C=O) groups is 2. The Morgan fingerprint density at radius 1 is 1.19 bits per heavy atom. The smallest absolute Gasteiger partial charge is 0.322 e. The summed E-state index contributed by atoms with van der Waals surface area (Å²) in [5.41, 5.74) is 0.432. The van der Waals surface area contributed by atoms with Gasteiger partial charge in [-0.25, -0.2) is 22.7 Å². The molecule has 31 heavy (non-hydrogen) atoms. The van der Waals surface area contributed by atoms with Gasteiger partial charge in [-0.15, -0.1) is 0 Å². The lowest BCUT2D eigenvalue weighted by Gasteiger charge is -2.29. The first-order valence-corrected chi connectivity index (χ1v) is 11.3. The Morgan fingerprint density at radius 3 is 2.48 bits per heavy atom. The van der Waals surface area contributed by atoms with E-state index in [4.69, 9.17) is 9.88 Å². The second-order valence-corrected chi connectivity index (χ2v) is 9.38. The number of carbonyl (C=O) groups excluding carboxylic acids is 2. The van der Waals surface area contributed by atoms with Crippen LogP contribution in [0.4, 0.5) is 9.18 Å². The average Bonchev–Trinajstić information content (AvgIpc) is 3.23. The monoisotopic (exact) mass is 447 g/mol. The van der Waals surface area contributed by atoms with Gasteiger partial charge in [-0.3, -0.25) is 10.1 Å². The van der Waals surface area contributed by atoms with Crippen LogP contribution in [0.25, 0.3) is 11.1 Å². The topological polar surface area (TPSA) is 128 Å². The van der Waals surface area contributed by atoms with Crippen LogP contribution in [0.1, 0.15) is 24.8 Å². The van der Waals surface area contributed by atoms with Crippen LogP contribution < -0.4 is 20.5 Å². The van der Waals surface area contributed by atoms with E-state index in [1.807, 2.05) is 0 Å². The minimum atomic E-state index is -4.10. The van der Waals surface area contributed by atoms with Crippen LogP contribution in [0.15, 0.2) is 41.3 Å². The third-order valence-electron chi connectivity index (χ3n) is 6.12. The third-order valence-corrected chi connectivity index (χ3v) is 7.12. The standard InChI is InChI=1S/C21H22FN3O5S/c1-30-18-15(12-4-6-14(22)7-5-12)8-9-17(31(23,28)29)16(18)11-13-3-2-10-21(13)19(26)24-20(27)25-21/h4-9,13H,2-3,10-11H2,1H3,(H2,23,28,29)(H2,24,25,26,27). The lowest BCUT2D eigenvalue weighted by molar-refractivity contribution is -0.125. The third kappa shape index (κ3) is 3.66. The summed E-state index contributed by atoms with van der Waals surface area (Å²) in [5.74, 6) is -0.882. The van der Waals surface area contributed by atoms with Crippen molar-refractivity contribution in [1.82, 2.24) is 10.6 Å². The van der Waals surface area contributed by atoms with Crippen molar-refractivity contribution in [3.05, 3.63) is 47.8 Å². The molecule has 1 saturated carbocycles. The Labute approximate surface area is 179 Å². The van der Waals surface area contributed by atoms with E-state index in [2.05, 4.69) is 10.6 Å². The van der Waals surface area contributed by atoms with E-state index < -0.39 is 33.3 Å². The molecule has 2 aliphatic rings. The van der Waals surface area contributed by atoms with Crippen LogP contribution >= 0.6 is 0 Å². The first-order chi connectivity index (χ1) is 14.7. The summed E-state index contributed by atoms with van der Waals surface area (Å²) in [6.07, 6.45) is 1.92. The van der Waals surface area contributed by atoms with Crippen molar-refractivity contribution in [2.24, 2.45) is 11.1 Å². The minimum Gasteiger partial charge on any atom is -0.496 e. The second kappa shape index (κ2) is 7.61. The molecule has 164 valence electrons. The number of methoxy groups -OCH3 is 1. The first-order valence-electron chi connectivity index (χ1n) is 9.78. The van der Waals surface area contributed by atoms with Crippen molar-refractivity contribution in [3.63, 3.8) is 0 Å². The van der Waals surface area contributed by atoms with Crippen molar-refractivity contribution in [1.29, 1.82) is 0 Å². The fourth-order valence-electron chi connectivity index (χ4n) is 4.73. The van der Waals surface area contributed by atoms with Crippen molar-refractivity contribution < 1.29 is 27.1 Å². The molecular formula is C21H22FN3O5S. The van der Waals surface area contributed by atoms with Gasteiger partial charge in [0, 0.05) is 11.1 Å². The largest absolute Gasteiger partial charge is 0.496 e. The van der Waals surface area contributed by atoms with Crippen LogP contribution in [-0.2, 0) is 21.2 Å². The Bertz CT molecular complexity index is 1170. The number of nitrogens with one attached hydrogen (secondary N) is 2. The van der Waals surface area contributed by atoms with Gasteiger partial charge in [0.2, 0.25) is 10.0 Å². The molecule has 0 bridgehead atoms. The first kappa shape index (κ1) is 21.3. The van der Waals surface area contributed by atoms with Gasteiger partial charge in [-0.05, 0) is 55.0 Å². The average molecular weight is 447 g/mol. The van der Waals surface area contributed by atoms with Gasteiger partial charge in [0.05, 0.1) is 12.0 Å². The van der Waals surface area contributed by atoms with Crippen LogP contribution in [0.3, 0.4) is 0 Å². The number of hydrogen-bond acceptors (Lipinski definition) is 5. The summed E-state index contributed by atoms with van der Waals surface area (Å²) in [6, 6.07) is 8.11. The molecule has 0 aromatic heterocycles. The van der Waals surface area contributed by atoms with Gasteiger partial charge >= 0.3 is 6.03 Å². The summed E-state index contributed by atoms with van der Waals surface area (Å²) in [6.45, 7) is 0. The van der Waals surface area contributed by atoms with E-state index in [0.29, 0.717) is 36.0 Å². The molecule has 2 aromatic rings. The highest BCUT2D eigenvalue weighted by Gasteiger charge is 2.54. The van der Waals surface area contributed by atoms with E-state index in [9.17, 15) is 22.4 Å². The number of benzene rings is 2. The highest BCUT2D eigenvalue weighted by molar-refractivity contribution is 7.89. The molecule has 4 N–H and O–H groups in total. The van der Waals surface area contributed by atoms with Crippen molar-refractivity contribution >= 4 is 22.0 Å². The number of sulfonamides is 1. The molecule has 1 heterocycles. The van der Waals surface area contributed by atoms with Gasteiger partial charge in [-0.2, -0.15) is 0 Å². The van der Waals surface area contributed by atoms with Crippen molar-refractivity contribution in [2.45, 2.75) is 36.1 Å². The molecule has 3 amide bonds. The van der Waals surface area contributed by atoms with E-state index in [1.165, 1.54) is 25.3 Å². The SMILES string of the molecule is COc1c(-c2ccc(F)cc2)ccc(S(N)(=O)=O)c1CC1CCCC12NC(=O)NC2=O. The minimum absolute atomic E-state index is 0.109. The summed E-state index contributed by atoms with van der Waals surface area (Å²) in [5, 5.41) is 10.5. The zero-order chi connectivity index (χ0) is 22.4. The molecule has 2 unspecified atom stereocenters. The van der Waals surface area contributed by atoms with Gasteiger partial charge in [0.25, 0.3) is 5.91 Å². The molecule has 8 nitrogen and oxygen atoms in total. The predicted octanol–water partition coefficient (Wildman–Crippen LogP) is 2.07. The summed E-state index contributed by atoms with van der Waals surface area (Å²) >= 11 is 0. The maximum Gasteiger partial charge on any atom is 0.322 e. The normalized spacial score (nSPS) is 23.1. The molecule has 2 atom stereocenters. The number of imide groups is 1. The Hall–Kier alpha value is -2.98. The Morgan fingerprint density at radius 2 is 1.90 bits per heavy atom. The van der Waals surface area contributed by atoms with Gasteiger partial charge < -0.3 is 10.1 Å². The maximum atomic E-state index is 13.4. The molecule has 4 rings (SSSR count). The summed E-state index contributed by atoms with van der Waals surface area (Å²) in [4.78, 5) is 24.3. The van der Waals surface area contributed by atoms with Crippen LogP contribution in [-0.4, -0.2) is 33.0 Å². The zero-order valence-corrected chi connectivity index (χ0v) is 17.6. The Balaban J connectivity index is 1.85. The van der Waals surface area contributed by atoms with Crippen LogP contribution in [0.2, 0.25) is 0 Å². The maximum absolute atomic E-state index is 13.4. The molecule has 1 aliphatic heterocycles.